The van der Waals surface area contributed by atoms with Crippen LogP contribution in [0.25, 0.3) is 0 Å². The van der Waals surface area contributed by atoms with E-state index >= 15 is 0 Å². The second-order valence-electron chi connectivity index (χ2n) is 4.68. The van der Waals surface area contributed by atoms with E-state index in [1.165, 1.54) is 57.8 Å². The zero-order valence-electron chi connectivity index (χ0n) is 11.5. The van der Waals surface area contributed by atoms with Crippen LogP contribution >= 0.6 is 0 Å². The third-order valence-electron chi connectivity index (χ3n) is 2.99. The Labute approximate surface area is 124 Å². The zero-order chi connectivity index (χ0) is 12.1. The normalized spacial score (nSPS) is 9.94. The van der Waals surface area contributed by atoms with Gasteiger partial charge < -0.3 is 5.11 Å². The number of hydrogen-bond donors (Lipinski definition) is 1. The van der Waals surface area contributed by atoms with Crippen LogP contribution in [0.3, 0.4) is 0 Å². The number of rotatable bonds is 12. The molecule has 0 unspecified atom stereocenters. The van der Waals surface area contributed by atoms with Gasteiger partial charge in [-0.05, 0) is 6.42 Å². The van der Waals surface area contributed by atoms with E-state index in [4.69, 9.17) is 5.11 Å². The number of aliphatic carboxylic acids is 1. The molecule has 0 radical (unpaired) electrons. The van der Waals surface area contributed by atoms with Gasteiger partial charge in [0.15, 0.2) is 0 Å². The van der Waals surface area contributed by atoms with Gasteiger partial charge in [0.05, 0.1) is 0 Å². The van der Waals surface area contributed by atoms with Gasteiger partial charge in [-0.3, -0.25) is 4.79 Å². The molecule has 2 nitrogen and oxygen atoms in total. The fraction of sp³-hybridized carbons (Fsp3) is 0.929. The van der Waals surface area contributed by atoms with Crippen molar-refractivity contribution in [2.75, 3.05) is 0 Å². The summed E-state index contributed by atoms with van der Waals surface area (Å²) in [5.74, 6) is -0.657. The van der Waals surface area contributed by atoms with Crippen LogP contribution in [0.2, 0.25) is 0 Å². The van der Waals surface area contributed by atoms with Crippen molar-refractivity contribution in [1.82, 2.24) is 0 Å². The Morgan fingerprint density at radius 1 is 0.765 bits per heavy atom. The van der Waals surface area contributed by atoms with Gasteiger partial charge in [-0.1, -0.05) is 71.1 Å². The molecular weight excluding hydrogens is 322 g/mol. The summed E-state index contributed by atoms with van der Waals surface area (Å²) in [5, 5.41) is 8.46. The van der Waals surface area contributed by atoms with E-state index in [0.717, 1.165) is 12.8 Å². The van der Waals surface area contributed by atoms with E-state index < -0.39 is 5.97 Å². The first-order valence-electron chi connectivity index (χ1n) is 6.99. The molecule has 0 amide bonds. The molecule has 0 fully saturated rings. The number of unbranched alkanes of at least 4 members (excludes halogenated alkanes) is 10. The average molecular weight is 353 g/mol. The Morgan fingerprint density at radius 3 is 1.47 bits per heavy atom. The molecule has 0 aliphatic rings. The summed E-state index contributed by atoms with van der Waals surface area (Å²) >= 11 is 0. The molecule has 0 atom stereocenters. The molecule has 0 aromatic carbocycles. The van der Waals surface area contributed by atoms with Crippen molar-refractivity contribution in [3.8, 4) is 0 Å². The summed E-state index contributed by atoms with van der Waals surface area (Å²) in [6, 6.07) is 0. The van der Waals surface area contributed by atoms with Crippen molar-refractivity contribution in [3.05, 3.63) is 0 Å². The zero-order valence-corrected chi connectivity index (χ0v) is 15.6. The minimum absolute atomic E-state index is 0. The molecule has 0 heterocycles. The van der Waals surface area contributed by atoms with Gasteiger partial charge in [0.2, 0.25) is 0 Å². The van der Waals surface area contributed by atoms with E-state index in [-0.39, 0.29) is 24.4 Å². The molecule has 0 spiro atoms. The maximum absolute atomic E-state index is 10.3. The van der Waals surface area contributed by atoms with Gasteiger partial charge in [-0.15, -0.1) is 0 Å². The fourth-order valence-electron chi connectivity index (χ4n) is 1.94. The Bertz CT molecular complexity index is 160. The van der Waals surface area contributed by atoms with Gasteiger partial charge >= 0.3 is 30.4 Å². The SMILES string of the molecule is CCCCCCCCCCCCCC(=O)O.[SbH3]. The van der Waals surface area contributed by atoms with Crippen molar-refractivity contribution in [2.24, 2.45) is 0 Å². The Hall–Kier alpha value is 0.288. The topological polar surface area (TPSA) is 37.3 Å². The predicted octanol–water partition coefficient (Wildman–Crippen LogP) is 3.59. The van der Waals surface area contributed by atoms with Crippen LogP contribution in [0.5, 0.6) is 0 Å². The molecule has 0 bridgehead atoms. The Kier molecular flexibility index (Phi) is 18.8. The summed E-state index contributed by atoms with van der Waals surface area (Å²) < 4.78 is 0. The number of carboxylic acid groups (broad SMARTS) is 1. The number of carbonyl (C=O) groups is 1. The van der Waals surface area contributed by atoms with E-state index in [9.17, 15) is 4.79 Å². The molecule has 3 heteroatoms. The summed E-state index contributed by atoms with van der Waals surface area (Å²) in [6.07, 6.45) is 14.4. The van der Waals surface area contributed by atoms with Gasteiger partial charge in [-0.2, -0.15) is 0 Å². The monoisotopic (exact) mass is 352 g/mol. The Morgan fingerprint density at radius 2 is 1.12 bits per heavy atom. The van der Waals surface area contributed by atoms with Crippen LogP contribution in [-0.2, 0) is 4.79 Å². The predicted molar refractivity (Wildman–Crippen MR) is 78.7 cm³/mol. The van der Waals surface area contributed by atoms with Crippen LogP contribution < -0.4 is 0 Å². The average Bonchev–Trinajstić information content (AvgIpc) is 2.25. The summed E-state index contributed by atoms with van der Waals surface area (Å²) in [4.78, 5) is 10.3. The van der Waals surface area contributed by atoms with Crippen molar-refractivity contribution in [2.45, 2.75) is 84.0 Å². The molecule has 0 aliphatic heterocycles. The van der Waals surface area contributed by atoms with Crippen molar-refractivity contribution >= 4 is 30.4 Å². The summed E-state index contributed by atoms with van der Waals surface area (Å²) in [6.45, 7) is 2.25. The standard InChI is InChI=1S/C14H28O2.Sb.3H/c1-2-3-4-5-6-7-8-9-10-11-12-13-14(15)16;;;;/h2-13H2,1H3,(H,15,16);;;;. The molecule has 0 saturated heterocycles. The van der Waals surface area contributed by atoms with E-state index in [2.05, 4.69) is 6.92 Å². The van der Waals surface area contributed by atoms with Gasteiger partial charge in [0.1, 0.15) is 0 Å². The second-order valence-corrected chi connectivity index (χ2v) is 4.68. The van der Waals surface area contributed by atoms with Crippen LogP contribution in [0.4, 0.5) is 0 Å². The first kappa shape index (κ1) is 19.6. The van der Waals surface area contributed by atoms with Crippen LogP contribution in [0.1, 0.15) is 84.0 Å². The van der Waals surface area contributed by atoms with E-state index in [0.29, 0.717) is 6.42 Å². The van der Waals surface area contributed by atoms with Crippen molar-refractivity contribution in [3.63, 3.8) is 0 Å². The molecule has 0 aromatic heterocycles. The molecule has 0 rings (SSSR count). The van der Waals surface area contributed by atoms with Crippen LogP contribution in [-0.4, -0.2) is 35.5 Å². The van der Waals surface area contributed by atoms with Gasteiger partial charge in [0.25, 0.3) is 0 Å². The minimum atomic E-state index is -0.657. The van der Waals surface area contributed by atoms with Crippen LogP contribution in [0.15, 0.2) is 0 Å². The second kappa shape index (κ2) is 16.3. The molecule has 1 N–H and O–H groups in total. The third kappa shape index (κ3) is 18.8. The molecule has 0 aliphatic carbocycles. The van der Waals surface area contributed by atoms with Gasteiger partial charge in [0, 0.05) is 6.42 Å². The fourth-order valence-corrected chi connectivity index (χ4v) is 1.94. The van der Waals surface area contributed by atoms with Crippen LogP contribution in [0, 0.1) is 0 Å². The maximum atomic E-state index is 10.3. The summed E-state index contributed by atoms with van der Waals surface area (Å²) in [5.41, 5.74) is 0. The third-order valence-corrected chi connectivity index (χ3v) is 2.99. The first-order valence-corrected chi connectivity index (χ1v) is 6.99. The van der Waals surface area contributed by atoms with E-state index in [1.807, 2.05) is 0 Å². The Balaban J connectivity index is 0. The number of carboxylic acids is 1. The number of hydrogen-bond acceptors (Lipinski definition) is 1. The van der Waals surface area contributed by atoms with Gasteiger partial charge in [-0.25, -0.2) is 0 Å². The molecule has 17 heavy (non-hydrogen) atoms. The molecule has 0 aromatic rings. The first-order chi connectivity index (χ1) is 7.77. The van der Waals surface area contributed by atoms with Crippen molar-refractivity contribution < 1.29 is 9.90 Å². The van der Waals surface area contributed by atoms with E-state index in [1.54, 1.807) is 0 Å². The summed E-state index contributed by atoms with van der Waals surface area (Å²) in [7, 11) is 0. The quantitative estimate of drug-likeness (QED) is 0.430. The molecular formula is C14H31O2Sb. The molecule has 104 valence electrons. The molecule has 0 saturated carbocycles. The van der Waals surface area contributed by atoms with Crippen molar-refractivity contribution in [1.29, 1.82) is 0 Å².